The molecule has 2 atom stereocenters. The van der Waals surface area contributed by atoms with E-state index < -0.39 is 6.10 Å². The van der Waals surface area contributed by atoms with Gasteiger partial charge in [-0.05, 0) is 32.9 Å². The number of rotatable bonds is 6. The maximum Gasteiger partial charge on any atom is 0.137 e. The van der Waals surface area contributed by atoms with Crippen molar-refractivity contribution in [1.82, 2.24) is 4.90 Å². The van der Waals surface area contributed by atoms with Crippen LogP contribution in [0.2, 0.25) is 0 Å². The third-order valence-electron chi connectivity index (χ3n) is 2.86. The lowest BCUT2D eigenvalue weighted by atomic mass is 10.1. The molecular weight excluding hydrogens is 216 g/mol. The lowest BCUT2D eigenvalue weighted by Crippen LogP contribution is -2.42. The zero-order chi connectivity index (χ0) is 12.5. The Morgan fingerprint density at radius 2 is 2.00 bits per heavy atom. The molecule has 2 unspecified atom stereocenters. The molecule has 0 bridgehead atoms. The van der Waals surface area contributed by atoms with Gasteiger partial charge in [0.05, 0.1) is 13.2 Å². The second-order valence-corrected chi connectivity index (χ2v) is 4.57. The molecule has 0 aliphatic carbocycles. The van der Waals surface area contributed by atoms with Gasteiger partial charge < -0.3 is 20.5 Å². The quantitative estimate of drug-likeness (QED) is 0.651. The van der Waals surface area contributed by atoms with Crippen LogP contribution >= 0.6 is 0 Å². The van der Waals surface area contributed by atoms with Gasteiger partial charge in [-0.3, -0.25) is 0 Å². The lowest BCUT2D eigenvalue weighted by Gasteiger charge is -2.28. The summed E-state index contributed by atoms with van der Waals surface area (Å²) < 4.78 is 5.35. The van der Waals surface area contributed by atoms with Crippen LogP contribution in [0.4, 0.5) is 0 Å². The highest BCUT2D eigenvalue weighted by atomic mass is 16.5. The predicted molar refractivity (Wildman–Crippen MR) is 68.5 cm³/mol. The van der Waals surface area contributed by atoms with Crippen molar-refractivity contribution in [2.75, 3.05) is 32.8 Å². The summed E-state index contributed by atoms with van der Waals surface area (Å²) in [6, 6.07) is 0.0230. The van der Waals surface area contributed by atoms with Gasteiger partial charge in [0.25, 0.3) is 0 Å². The molecule has 1 fully saturated rings. The molecule has 0 aromatic heterocycles. The summed E-state index contributed by atoms with van der Waals surface area (Å²) in [5.41, 5.74) is 5.98. The molecular formula is C13H24N2O2. The molecule has 1 aliphatic rings. The summed E-state index contributed by atoms with van der Waals surface area (Å²) in [5.74, 6) is 5.28. The van der Waals surface area contributed by atoms with Crippen LogP contribution < -0.4 is 5.73 Å². The van der Waals surface area contributed by atoms with Gasteiger partial charge in [-0.25, -0.2) is 0 Å². The first kappa shape index (κ1) is 14.5. The largest absolute Gasteiger partial charge is 0.378 e. The molecule has 0 radical (unpaired) electrons. The molecule has 1 aliphatic heterocycles. The van der Waals surface area contributed by atoms with Gasteiger partial charge in [-0.15, -0.1) is 5.92 Å². The average Bonchev–Trinajstić information content (AvgIpc) is 2.30. The monoisotopic (exact) mass is 240 g/mol. The maximum atomic E-state index is 9.33. The minimum Gasteiger partial charge on any atom is -0.378 e. The Hall–Kier alpha value is -0.600. The van der Waals surface area contributed by atoms with Crippen LogP contribution in [0.25, 0.3) is 0 Å². The Kier molecular flexibility index (Phi) is 7.22. The molecule has 3 N–H and O–H groups in total. The highest BCUT2D eigenvalue weighted by Crippen LogP contribution is 2.08. The van der Waals surface area contributed by atoms with E-state index in [1.807, 2.05) is 0 Å². The summed E-state index contributed by atoms with van der Waals surface area (Å²) in [4.78, 5) is 2.39. The van der Waals surface area contributed by atoms with Gasteiger partial charge in [0, 0.05) is 12.6 Å². The van der Waals surface area contributed by atoms with E-state index in [1.165, 1.54) is 19.3 Å². The average molecular weight is 240 g/mol. The normalized spacial score (nSPS) is 20.4. The molecule has 98 valence electrons. The van der Waals surface area contributed by atoms with E-state index in [9.17, 15) is 5.11 Å². The smallest absolute Gasteiger partial charge is 0.137 e. The van der Waals surface area contributed by atoms with Gasteiger partial charge >= 0.3 is 0 Å². The maximum absolute atomic E-state index is 9.33. The first-order chi connectivity index (χ1) is 8.22. The van der Waals surface area contributed by atoms with Crippen molar-refractivity contribution in [2.24, 2.45) is 5.73 Å². The molecule has 4 nitrogen and oxygen atoms in total. The molecule has 0 saturated carbocycles. The van der Waals surface area contributed by atoms with Crippen molar-refractivity contribution in [3.8, 4) is 11.8 Å². The number of hydrogen-bond donors (Lipinski definition) is 2. The molecule has 0 aromatic carbocycles. The number of aliphatic hydroxyl groups is 1. The molecule has 1 saturated heterocycles. The van der Waals surface area contributed by atoms with Gasteiger partial charge in [-0.2, -0.15) is 0 Å². The third-order valence-corrected chi connectivity index (χ3v) is 2.86. The second kappa shape index (κ2) is 8.48. The highest BCUT2D eigenvalue weighted by molar-refractivity contribution is 5.01. The zero-order valence-electron chi connectivity index (χ0n) is 10.7. The van der Waals surface area contributed by atoms with Crippen molar-refractivity contribution >= 4 is 0 Å². The van der Waals surface area contributed by atoms with Gasteiger partial charge in [0.2, 0.25) is 0 Å². The van der Waals surface area contributed by atoms with Crippen molar-refractivity contribution in [3.05, 3.63) is 0 Å². The SMILES string of the molecule is CC#CC(O)COCC(N)CN1CCCCC1. The first-order valence-electron chi connectivity index (χ1n) is 6.38. The summed E-state index contributed by atoms with van der Waals surface area (Å²) in [6.07, 6.45) is 3.20. The summed E-state index contributed by atoms with van der Waals surface area (Å²) in [7, 11) is 0. The van der Waals surface area contributed by atoms with E-state index in [2.05, 4.69) is 16.7 Å². The molecule has 4 heteroatoms. The summed E-state index contributed by atoms with van der Waals surface area (Å²) in [5, 5.41) is 9.33. The fraction of sp³-hybridized carbons (Fsp3) is 0.846. The van der Waals surface area contributed by atoms with E-state index in [1.54, 1.807) is 6.92 Å². The number of likely N-dealkylation sites (tertiary alicyclic amines) is 1. The number of ether oxygens (including phenoxy) is 1. The van der Waals surface area contributed by atoms with Crippen LogP contribution in [0.5, 0.6) is 0 Å². The van der Waals surface area contributed by atoms with Crippen molar-refractivity contribution in [3.63, 3.8) is 0 Å². The van der Waals surface area contributed by atoms with Gasteiger partial charge in [0.1, 0.15) is 6.10 Å². The van der Waals surface area contributed by atoms with Crippen LogP contribution in [0.1, 0.15) is 26.2 Å². The molecule has 0 aromatic rings. The standard InChI is InChI=1S/C13H24N2O2/c1-2-6-13(16)11-17-10-12(14)9-15-7-4-3-5-8-15/h12-13,16H,3-5,7-11,14H2,1H3. The van der Waals surface area contributed by atoms with E-state index in [0.29, 0.717) is 6.61 Å². The topological polar surface area (TPSA) is 58.7 Å². The third kappa shape index (κ3) is 6.64. The molecule has 0 amide bonds. The Morgan fingerprint density at radius 1 is 1.29 bits per heavy atom. The number of aliphatic hydroxyl groups excluding tert-OH is 1. The number of nitrogens with zero attached hydrogens (tertiary/aromatic N) is 1. The predicted octanol–water partition coefficient (Wildman–Crippen LogP) is 0.200. The lowest BCUT2D eigenvalue weighted by molar-refractivity contribution is 0.0500. The van der Waals surface area contributed by atoms with Crippen LogP contribution in [0, 0.1) is 11.8 Å². The summed E-state index contributed by atoms with van der Waals surface area (Å²) >= 11 is 0. The van der Waals surface area contributed by atoms with Crippen LogP contribution in [0.3, 0.4) is 0 Å². The highest BCUT2D eigenvalue weighted by Gasteiger charge is 2.13. The number of nitrogens with two attached hydrogens (primary N) is 1. The molecule has 0 spiro atoms. The van der Waals surface area contributed by atoms with Crippen LogP contribution in [-0.4, -0.2) is 55.0 Å². The second-order valence-electron chi connectivity index (χ2n) is 4.57. The van der Waals surface area contributed by atoms with E-state index in [4.69, 9.17) is 10.5 Å². The Labute approximate surface area is 104 Å². The molecule has 17 heavy (non-hydrogen) atoms. The molecule has 1 heterocycles. The van der Waals surface area contributed by atoms with E-state index in [-0.39, 0.29) is 12.6 Å². The van der Waals surface area contributed by atoms with E-state index >= 15 is 0 Å². The Balaban J connectivity index is 2.07. The van der Waals surface area contributed by atoms with Crippen LogP contribution in [-0.2, 0) is 4.74 Å². The van der Waals surface area contributed by atoms with Crippen molar-refractivity contribution in [1.29, 1.82) is 0 Å². The minimum atomic E-state index is -0.692. The van der Waals surface area contributed by atoms with E-state index in [0.717, 1.165) is 19.6 Å². The summed E-state index contributed by atoms with van der Waals surface area (Å²) in [6.45, 7) is 5.61. The first-order valence-corrected chi connectivity index (χ1v) is 6.38. The van der Waals surface area contributed by atoms with Gasteiger partial charge in [-0.1, -0.05) is 12.3 Å². The number of hydrogen-bond acceptors (Lipinski definition) is 4. The minimum absolute atomic E-state index is 0.0230. The Bertz CT molecular complexity index is 254. The molecule has 1 rings (SSSR count). The number of piperidine rings is 1. The van der Waals surface area contributed by atoms with Crippen LogP contribution in [0.15, 0.2) is 0 Å². The van der Waals surface area contributed by atoms with Crippen molar-refractivity contribution < 1.29 is 9.84 Å². The van der Waals surface area contributed by atoms with Crippen molar-refractivity contribution in [2.45, 2.75) is 38.3 Å². The fourth-order valence-electron chi connectivity index (χ4n) is 2.07. The Morgan fingerprint density at radius 3 is 2.65 bits per heavy atom. The zero-order valence-corrected chi connectivity index (χ0v) is 10.7. The fourth-order valence-corrected chi connectivity index (χ4v) is 2.07. The van der Waals surface area contributed by atoms with Gasteiger partial charge in [0.15, 0.2) is 0 Å².